The zero-order valence-corrected chi connectivity index (χ0v) is 14.9. The van der Waals surface area contributed by atoms with E-state index < -0.39 is 0 Å². The van der Waals surface area contributed by atoms with E-state index in [4.69, 9.17) is 4.74 Å². The topological polar surface area (TPSA) is 41.5 Å². The molecule has 2 aliphatic rings. The lowest BCUT2D eigenvalue weighted by atomic mass is 9.98. The minimum absolute atomic E-state index is 0.365. The second kappa shape index (κ2) is 7.27. The van der Waals surface area contributed by atoms with Crippen LogP contribution in [0, 0.1) is 6.92 Å². The first-order valence-electron chi connectivity index (χ1n) is 8.66. The van der Waals surface area contributed by atoms with Gasteiger partial charge in [0, 0.05) is 55.7 Å². The quantitative estimate of drug-likeness (QED) is 0.851. The van der Waals surface area contributed by atoms with E-state index >= 15 is 0 Å². The predicted octanol–water partition coefficient (Wildman–Crippen LogP) is 2.32. The van der Waals surface area contributed by atoms with Gasteiger partial charge >= 0.3 is 0 Å². The molecule has 4 heterocycles. The first kappa shape index (κ1) is 16.1. The smallest absolute Gasteiger partial charge is 0.107 e. The van der Waals surface area contributed by atoms with Gasteiger partial charge < -0.3 is 4.74 Å². The van der Waals surface area contributed by atoms with Crippen molar-refractivity contribution in [1.29, 1.82) is 0 Å². The first-order valence-corrected chi connectivity index (χ1v) is 9.54. The van der Waals surface area contributed by atoms with E-state index in [1.807, 2.05) is 18.5 Å². The van der Waals surface area contributed by atoms with E-state index in [9.17, 15) is 0 Å². The minimum atomic E-state index is 0.365. The number of pyridine rings is 1. The molecule has 0 spiro atoms. The maximum absolute atomic E-state index is 6.06. The van der Waals surface area contributed by atoms with E-state index in [0.717, 1.165) is 51.4 Å². The summed E-state index contributed by atoms with van der Waals surface area (Å²) in [5.41, 5.74) is 2.41. The molecule has 2 aliphatic heterocycles. The molecule has 0 radical (unpaired) electrons. The second-order valence-corrected chi connectivity index (χ2v) is 7.66. The van der Waals surface area contributed by atoms with Crippen molar-refractivity contribution in [3.8, 4) is 0 Å². The van der Waals surface area contributed by atoms with Crippen molar-refractivity contribution in [1.82, 2.24) is 19.8 Å². The Labute approximate surface area is 147 Å². The Kier molecular flexibility index (Phi) is 4.89. The summed E-state index contributed by atoms with van der Waals surface area (Å²) in [6.07, 6.45) is 5.29. The SMILES string of the molecule is Cc1csc(CN2CC[C@@H]3OCCN(Cc4cccnc4)[C@H]3C2)n1. The van der Waals surface area contributed by atoms with Gasteiger partial charge in [-0.15, -0.1) is 11.3 Å². The van der Waals surface area contributed by atoms with Crippen molar-refractivity contribution in [2.45, 2.75) is 38.6 Å². The number of morpholine rings is 1. The third-order valence-electron chi connectivity index (χ3n) is 4.92. The normalized spacial score (nSPS) is 25.5. The lowest BCUT2D eigenvalue weighted by Crippen LogP contribution is -2.59. The lowest BCUT2D eigenvalue weighted by molar-refractivity contribution is -0.107. The van der Waals surface area contributed by atoms with Crippen molar-refractivity contribution >= 4 is 11.3 Å². The van der Waals surface area contributed by atoms with Gasteiger partial charge in [-0.25, -0.2) is 4.98 Å². The number of hydrogen-bond acceptors (Lipinski definition) is 6. The number of nitrogens with zero attached hydrogens (tertiary/aromatic N) is 4. The number of ether oxygens (including phenoxy) is 1. The molecule has 2 fully saturated rings. The molecule has 2 saturated heterocycles. The van der Waals surface area contributed by atoms with Crippen LogP contribution in [0.1, 0.15) is 22.7 Å². The second-order valence-electron chi connectivity index (χ2n) is 6.71. The standard InChI is InChI=1S/C18H24N4OS/c1-14-13-24-18(20-14)12-21-6-4-17-16(11-21)22(7-8-23-17)10-15-3-2-5-19-9-15/h2-3,5,9,13,16-17H,4,6-8,10-12H2,1H3/t16-,17-/m0/s1. The Balaban J connectivity index is 1.43. The molecule has 128 valence electrons. The van der Waals surface area contributed by atoms with Crippen molar-refractivity contribution in [2.75, 3.05) is 26.2 Å². The molecule has 0 aromatic carbocycles. The van der Waals surface area contributed by atoms with Crippen molar-refractivity contribution < 1.29 is 4.74 Å². The maximum Gasteiger partial charge on any atom is 0.107 e. The van der Waals surface area contributed by atoms with Crippen LogP contribution in [-0.2, 0) is 17.8 Å². The predicted molar refractivity (Wildman–Crippen MR) is 94.9 cm³/mol. The summed E-state index contributed by atoms with van der Waals surface area (Å²) in [7, 11) is 0. The van der Waals surface area contributed by atoms with Crippen LogP contribution >= 0.6 is 11.3 Å². The Morgan fingerprint density at radius 3 is 3.08 bits per heavy atom. The summed E-state index contributed by atoms with van der Waals surface area (Å²) < 4.78 is 6.06. The van der Waals surface area contributed by atoms with Crippen LogP contribution in [0.5, 0.6) is 0 Å². The number of rotatable bonds is 4. The van der Waals surface area contributed by atoms with E-state index in [0.29, 0.717) is 12.1 Å². The third kappa shape index (κ3) is 3.67. The highest BCUT2D eigenvalue weighted by molar-refractivity contribution is 7.09. The van der Waals surface area contributed by atoms with Crippen LogP contribution in [0.25, 0.3) is 0 Å². The van der Waals surface area contributed by atoms with Gasteiger partial charge in [0.1, 0.15) is 5.01 Å². The largest absolute Gasteiger partial charge is 0.375 e. The highest BCUT2D eigenvalue weighted by atomic mass is 32.1. The highest BCUT2D eigenvalue weighted by Gasteiger charge is 2.37. The molecule has 4 rings (SSSR count). The number of aromatic nitrogens is 2. The molecule has 0 bridgehead atoms. The summed E-state index contributed by atoms with van der Waals surface area (Å²) in [6, 6.07) is 4.65. The molecule has 2 atom stereocenters. The zero-order valence-electron chi connectivity index (χ0n) is 14.1. The van der Waals surface area contributed by atoms with Crippen LogP contribution in [-0.4, -0.2) is 58.2 Å². The molecular formula is C18H24N4OS. The summed E-state index contributed by atoms with van der Waals surface area (Å²) in [5, 5.41) is 3.36. The zero-order chi connectivity index (χ0) is 16.4. The van der Waals surface area contributed by atoms with Gasteiger partial charge in [0.15, 0.2) is 0 Å². The van der Waals surface area contributed by atoms with Crippen LogP contribution in [0.4, 0.5) is 0 Å². The van der Waals surface area contributed by atoms with Gasteiger partial charge in [0.2, 0.25) is 0 Å². The van der Waals surface area contributed by atoms with E-state index in [1.54, 1.807) is 11.3 Å². The maximum atomic E-state index is 6.06. The Hall–Kier alpha value is -1.34. The number of thiazole rings is 1. The van der Waals surface area contributed by atoms with Crippen molar-refractivity contribution in [3.05, 3.63) is 46.2 Å². The summed E-state index contributed by atoms with van der Waals surface area (Å²) in [6.45, 7) is 7.99. The Bertz CT molecular complexity index is 662. The van der Waals surface area contributed by atoms with Gasteiger partial charge in [-0.3, -0.25) is 14.8 Å². The summed E-state index contributed by atoms with van der Waals surface area (Å²) >= 11 is 1.77. The van der Waals surface area contributed by atoms with Crippen LogP contribution in [0.15, 0.2) is 29.9 Å². The average molecular weight is 344 g/mol. The monoisotopic (exact) mass is 344 g/mol. The summed E-state index contributed by atoms with van der Waals surface area (Å²) in [4.78, 5) is 14.0. The number of hydrogen-bond donors (Lipinski definition) is 0. The van der Waals surface area contributed by atoms with Crippen LogP contribution < -0.4 is 0 Å². The lowest BCUT2D eigenvalue weighted by Gasteiger charge is -2.47. The van der Waals surface area contributed by atoms with E-state index in [-0.39, 0.29) is 0 Å². The Morgan fingerprint density at radius 1 is 1.33 bits per heavy atom. The molecule has 0 N–H and O–H groups in total. The molecule has 2 aromatic heterocycles. The molecule has 0 amide bonds. The highest BCUT2D eigenvalue weighted by Crippen LogP contribution is 2.26. The fourth-order valence-corrected chi connectivity index (χ4v) is 4.55. The van der Waals surface area contributed by atoms with Crippen molar-refractivity contribution in [2.24, 2.45) is 0 Å². The number of aryl methyl sites for hydroxylation is 1. The molecule has 0 unspecified atom stereocenters. The van der Waals surface area contributed by atoms with Crippen LogP contribution in [0.3, 0.4) is 0 Å². The van der Waals surface area contributed by atoms with E-state index in [1.165, 1.54) is 10.6 Å². The summed E-state index contributed by atoms with van der Waals surface area (Å²) in [5.74, 6) is 0. The average Bonchev–Trinajstić information content (AvgIpc) is 3.01. The van der Waals surface area contributed by atoms with Gasteiger partial charge in [-0.1, -0.05) is 6.07 Å². The molecular weight excluding hydrogens is 320 g/mol. The number of likely N-dealkylation sites (tertiary alicyclic amines) is 1. The van der Waals surface area contributed by atoms with Gasteiger partial charge in [-0.2, -0.15) is 0 Å². The number of fused-ring (bicyclic) bond motifs is 1. The molecule has 24 heavy (non-hydrogen) atoms. The minimum Gasteiger partial charge on any atom is -0.375 e. The molecule has 6 heteroatoms. The van der Waals surface area contributed by atoms with Crippen molar-refractivity contribution in [3.63, 3.8) is 0 Å². The van der Waals surface area contributed by atoms with E-state index in [2.05, 4.69) is 38.1 Å². The molecule has 2 aromatic rings. The molecule has 0 aliphatic carbocycles. The first-order chi connectivity index (χ1) is 11.8. The number of piperidine rings is 1. The molecule has 0 saturated carbocycles. The fraction of sp³-hybridized carbons (Fsp3) is 0.556. The molecule has 5 nitrogen and oxygen atoms in total. The fourth-order valence-electron chi connectivity index (χ4n) is 3.74. The third-order valence-corrected chi connectivity index (χ3v) is 5.87. The van der Waals surface area contributed by atoms with Gasteiger partial charge in [0.25, 0.3) is 0 Å². The Morgan fingerprint density at radius 2 is 2.29 bits per heavy atom. The van der Waals surface area contributed by atoms with Crippen LogP contribution in [0.2, 0.25) is 0 Å². The van der Waals surface area contributed by atoms with Gasteiger partial charge in [-0.05, 0) is 25.0 Å². The van der Waals surface area contributed by atoms with Gasteiger partial charge in [0.05, 0.1) is 19.3 Å².